The van der Waals surface area contributed by atoms with Gasteiger partial charge in [0.05, 0.1) is 6.10 Å². The minimum atomic E-state index is 0.190. The maximum atomic E-state index is 11.5. The zero-order chi connectivity index (χ0) is 24.5. The van der Waals surface area contributed by atoms with E-state index in [9.17, 15) is 4.79 Å². The van der Waals surface area contributed by atoms with Gasteiger partial charge in [-0.15, -0.1) is 0 Å². The molecule has 2 nitrogen and oxygen atoms in total. The van der Waals surface area contributed by atoms with Crippen LogP contribution in [0.15, 0.2) is 0 Å². The van der Waals surface area contributed by atoms with E-state index in [1.165, 1.54) is 141 Å². The first-order valence-corrected chi connectivity index (χ1v) is 15.6. The summed E-state index contributed by atoms with van der Waals surface area (Å²) in [5.41, 5.74) is 0. The zero-order valence-corrected chi connectivity index (χ0v) is 23.3. The Morgan fingerprint density at radius 3 is 1.79 bits per heavy atom. The van der Waals surface area contributed by atoms with Crippen LogP contribution in [-0.2, 0) is 9.53 Å². The van der Waals surface area contributed by atoms with Gasteiger partial charge >= 0.3 is 0 Å². The third kappa shape index (κ3) is 18.9. The van der Waals surface area contributed by atoms with Gasteiger partial charge in [0.15, 0.2) is 0 Å². The molecular formula is C32H60O2. The number of unbranched alkanes of at least 4 members (excludes halogenated alkanes) is 12. The number of carbonyl (C=O) groups excluding carboxylic acids is 1. The van der Waals surface area contributed by atoms with Crippen LogP contribution < -0.4 is 0 Å². The van der Waals surface area contributed by atoms with E-state index in [1.807, 2.05) is 0 Å². The summed E-state index contributed by atoms with van der Waals surface area (Å²) in [4.78, 5) is 11.5. The van der Waals surface area contributed by atoms with Crippen LogP contribution >= 0.6 is 0 Å². The Hall–Kier alpha value is -0.370. The first-order chi connectivity index (χ1) is 16.8. The maximum Gasteiger partial charge on any atom is 0.201 e. The molecule has 0 aliphatic heterocycles. The lowest BCUT2D eigenvalue weighted by atomic mass is 9.86. The van der Waals surface area contributed by atoms with Crippen LogP contribution in [0.4, 0.5) is 0 Å². The molecule has 2 heteroatoms. The summed E-state index contributed by atoms with van der Waals surface area (Å²) in [5, 5.41) is 0. The SMILES string of the molecule is CCCCCCC([C]=O)CCC(CCCCCC)CCCCCCCCCOC1CC[CH]CC1. The highest BCUT2D eigenvalue weighted by molar-refractivity contribution is 5.54. The zero-order valence-electron chi connectivity index (χ0n) is 23.3. The quantitative estimate of drug-likeness (QED) is 0.122. The van der Waals surface area contributed by atoms with Gasteiger partial charge in [-0.3, -0.25) is 4.79 Å². The van der Waals surface area contributed by atoms with Gasteiger partial charge in [-0.25, -0.2) is 0 Å². The molecule has 2 atom stereocenters. The molecular weight excluding hydrogens is 416 g/mol. The molecule has 2 unspecified atom stereocenters. The van der Waals surface area contributed by atoms with Crippen molar-refractivity contribution in [2.75, 3.05) is 6.61 Å². The molecule has 0 saturated heterocycles. The molecule has 200 valence electrons. The summed E-state index contributed by atoms with van der Waals surface area (Å²) in [6, 6.07) is 0. The first kappa shape index (κ1) is 31.7. The van der Waals surface area contributed by atoms with Gasteiger partial charge in [0.25, 0.3) is 0 Å². The Kier molecular flexibility index (Phi) is 22.7. The predicted molar refractivity (Wildman–Crippen MR) is 149 cm³/mol. The van der Waals surface area contributed by atoms with Gasteiger partial charge in [-0.05, 0) is 63.7 Å². The molecule has 34 heavy (non-hydrogen) atoms. The smallest absolute Gasteiger partial charge is 0.201 e. The van der Waals surface area contributed by atoms with E-state index >= 15 is 0 Å². The van der Waals surface area contributed by atoms with Crippen molar-refractivity contribution >= 4 is 6.29 Å². The van der Waals surface area contributed by atoms with Crippen molar-refractivity contribution in [1.82, 2.24) is 0 Å². The largest absolute Gasteiger partial charge is 0.378 e. The van der Waals surface area contributed by atoms with Crippen molar-refractivity contribution in [3.8, 4) is 0 Å². The van der Waals surface area contributed by atoms with Crippen molar-refractivity contribution in [2.24, 2.45) is 11.8 Å². The topological polar surface area (TPSA) is 26.3 Å². The van der Waals surface area contributed by atoms with Crippen molar-refractivity contribution < 1.29 is 9.53 Å². The lowest BCUT2D eigenvalue weighted by molar-refractivity contribution is 0.0326. The Morgan fingerprint density at radius 1 is 0.676 bits per heavy atom. The second-order valence-electron chi connectivity index (χ2n) is 11.2. The van der Waals surface area contributed by atoms with Gasteiger partial charge in [0.2, 0.25) is 6.29 Å². The van der Waals surface area contributed by atoms with Crippen molar-refractivity contribution in [3.63, 3.8) is 0 Å². The maximum absolute atomic E-state index is 11.5. The van der Waals surface area contributed by atoms with E-state index in [2.05, 4.69) is 26.6 Å². The fourth-order valence-corrected chi connectivity index (χ4v) is 5.54. The Labute approximate surface area is 214 Å². The standard InChI is InChI=1S/C32H60O2/c1-3-5-7-15-21-30(26-27-31(29-33)23-16-8-6-4-2)22-17-12-10-9-11-13-20-28-34-32-24-18-14-19-25-32/h14,30-32H,3-13,15-28H2,1-2H3. The monoisotopic (exact) mass is 476 g/mol. The average molecular weight is 477 g/mol. The van der Waals surface area contributed by atoms with E-state index in [0.29, 0.717) is 6.10 Å². The first-order valence-electron chi connectivity index (χ1n) is 15.6. The van der Waals surface area contributed by atoms with Crippen LogP contribution in [0.1, 0.15) is 168 Å². The highest BCUT2D eigenvalue weighted by atomic mass is 16.5. The minimum Gasteiger partial charge on any atom is -0.378 e. The van der Waals surface area contributed by atoms with Gasteiger partial charge in [0.1, 0.15) is 0 Å². The summed E-state index contributed by atoms with van der Waals surface area (Å²) in [6.45, 7) is 5.52. The van der Waals surface area contributed by atoms with Crippen LogP contribution in [0, 0.1) is 18.3 Å². The van der Waals surface area contributed by atoms with Crippen molar-refractivity contribution in [3.05, 3.63) is 6.42 Å². The number of hydrogen-bond acceptors (Lipinski definition) is 2. The van der Waals surface area contributed by atoms with E-state index in [1.54, 1.807) is 0 Å². The second kappa shape index (κ2) is 24.3. The molecule has 1 rings (SSSR count). The van der Waals surface area contributed by atoms with E-state index in [0.717, 1.165) is 25.4 Å². The number of hydrogen-bond donors (Lipinski definition) is 0. The van der Waals surface area contributed by atoms with Gasteiger partial charge in [-0.2, -0.15) is 0 Å². The fourth-order valence-electron chi connectivity index (χ4n) is 5.54. The normalized spacial score (nSPS) is 16.5. The second-order valence-corrected chi connectivity index (χ2v) is 11.2. The minimum absolute atomic E-state index is 0.190. The molecule has 2 radical (unpaired) electrons. The van der Waals surface area contributed by atoms with Gasteiger partial charge in [-0.1, -0.05) is 117 Å². The summed E-state index contributed by atoms with van der Waals surface area (Å²) in [6.07, 6.45) is 36.5. The molecule has 0 N–H and O–H groups in total. The predicted octanol–water partition coefficient (Wildman–Crippen LogP) is 10.3. The molecule has 0 aromatic rings. The Balaban J connectivity index is 2.09. The van der Waals surface area contributed by atoms with Gasteiger partial charge < -0.3 is 4.74 Å². The lowest BCUT2D eigenvalue weighted by Gasteiger charge is -2.21. The van der Waals surface area contributed by atoms with Gasteiger partial charge in [0, 0.05) is 12.5 Å². The molecule has 1 fully saturated rings. The van der Waals surface area contributed by atoms with E-state index < -0.39 is 0 Å². The number of ether oxygens (including phenoxy) is 1. The highest BCUT2D eigenvalue weighted by Gasteiger charge is 2.15. The van der Waals surface area contributed by atoms with E-state index in [4.69, 9.17) is 4.74 Å². The van der Waals surface area contributed by atoms with Crippen LogP contribution in [0.5, 0.6) is 0 Å². The lowest BCUT2D eigenvalue weighted by Crippen LogP contribution is -2.17. The molecule has 0 amide bonds. The third-order valence-electron chi connectivity index (χ3n) is 7.96. The van der Waals surface area contributed by atoms with Crippen LogP contribution in [0.25, 0.3) is 0 Å². The van der Waals surface area contributed by atoms with E-state index in [-0.39, 0.29) is 5.92 Å². The van der Waals surface area contributed by atoms with Crippen molar-refractivity contribution in [1.29, 1.82) is 0 Å². The summed E-state index contributed by atoms with van der Waals surface area (Å²) < 4.78 is 6.04. The molecule has 1 aliphatic carbocycles. The molecule has 1 aliphatic rings. The molecule has 0 aromatic carbocycles. The molecule has 0 aromatic heterocycles. The highest BCUT2D eigenvalue weighted by Crippen LogP contribution is 2.26. The molecule has 0 spiro atoms. The Morgan fingerprint density at radius 2 is 1.21 bits per heavy atom. The summed E-state index contributed by atoms with van der Waals surface area (Å²) in [5.74, 6) is 1.02. The van der Waals surface area contributed by atoms with Crippen LogP contribution in [-0.4, -0.2) is 19.0 Å². The van der Waals surface area contributed by atoms with Crippen molar-refractivity contribution in [2.45, 2.75) is 174 Å². The third-order valence-corrected chi connectivity index (χ3v) is 7.96. The molecule has 0 bridgehead atoms. The number of rotatable bonds is 25. The average Bonchev–Trinajstić information content (AvgIpc) is 2.87. The summed E-state index contributed by atoms with van der Waals surface area (Å²) in [7, 11) is 0. The Bertz CT molecular complexity index is 415. The summed E-state index contributed by atoms with van der Waals surface area (Å²) >= 11 is 0. The molecule has 1 saturated carbocycles. The van der Waals surface area contributed by atoms with Crippen LogP contribution in [0.2, 0.25) is 0 Å². The molecule has 0 heterocycles. The van der Waals surface area contributed by atoms with Crippen LogP contribution in [0.3, 0.4) is 0 Å². The fraction of sp³-hybridized carbons (Fsp3) is 0.938.